The van der Waals surface area contributed by atoms with Crippen molar-refractivity contribution in [3.8, 4) is 0 Å². The minimum atomic E-state index is 0.650. The van der Waals surface area contributed by atoms with Crippen LogP contribution in [0.4, 0.5) is 0 Å². The summed E-state index contributed by atoms with van der Waals surface area (Å²) in [7, 11) is 0. The van der Waals surface area contributed by atoms with Crippen LogP contribution in [0.1, 0.15) is 22.8 Å². The first-order valence-electron chi connectivity index (χ1n) is 4.30. The van der Waals surface area contributed by atoms with Crippen molar-refractivity contribution in [3.05, 3.63) is 42.5 Å². The maximum Gasteiger partial charge on any atom is 0.152 e. The number of aromatic nitrogens is 2. The largest absolute Gasteiger partial charge is 0.306 e. The first kappa shape index (κ1) is 8.69. The summed E-state index contributed by atoms with van der Waals surface area (Å²) in [5.41, 5.74) is 3.24. The SMILES string of the molecule is C=C(C)c1ccn2cncc2c1C=O. The van der Waals surface area contributed by atoms with Crippen LogP contribution in [-0.2, 0) is 0 Å². The van der Waals surface area contributed by atoms with Gasteiger partial charge in [-0.05, 0) is 18.6 Å². The Kier molecular flexibility index (Phi) is 1.93. The Morgan fingerprint density at radius 2 is 2.43 bits per heavy atom. The van der Waals surface area contributed by atoms with Gasteiger partial charge < -0.3 is 4.40 Å². The zero-order valence-corrected chi connectivity index (χ0v) is 7.90. The molecule has 14 heavy (non-hydrogen) atoms. The highest BCUT2D eigenvalue weighted by molar-refractivity contribution is 5.92. The van der Waals surface area contributed by atoms with Crippen molar-refractivity contribution < 1.29 is 4.79 Å². The predicted molar refractivity (Wildman–Crippen MR) is 55.3 cm³/mol. The topological polar surface area (TPSA) is 34.4 Å². The van der Waals surface area contributed by atoms with Crippen LogP contribution in [0.2, 0.25) is 0 Å². The molecule has 2 heterocycles. The lowest BCUT2D eigenvalue weighted by atomic mass is 10.0. The van der Waals surface area contributed by atoms with E-state index in [1.807, 2.05) is 23.6 Å². The van der Waals surface area contributed by atoms with Gasteiger partial charge in [-0.3, -0.25) is 4.79 Å². The summed E-state index contributed by atoms with van der Waals surface area (Å²) in [5.74, 6) is 0. The molecule has 0 N–H and O–H groups in total. The van der Waals surface area contributed by atoms with E-state index in [1.165, 1.54) is 0 Å². The van der Waals surface area contributed by atoms with Gasteiger partial charge in [-0.15, -0.1) is 0 Å². The maximum absolute atomic E-state index is 11.0. The molecule has 2 aromatic heterocycles. The predicted octanol–water partition coefficient (Wildman–Crippen LogP) is 2.18. The molecule has 0 aromatic carbocycles. The molecule has 0 saturated carbocycles. The molecule has 0 amide bonds. The van der Waals surface area contributed by atoms with Crippen LogP contribution in [0.25, 0.3) is 11.1 Å². The quantitative estimate of drug-likeness (QED) is 0.674. The van der Waals surface area contributed by atoms with Crippen LogP contribution in [0.3, 0.4) is 0 Å². The molecular formula is C11H10N2O. The molecule has 0 atom stereocenters. The third kappa shape index (κ3) is 1.14. The Morgan fingerprint density at radius 1 is 1.64 bits per heavy atom. The van der Waals surface area contributed by atoms with Crippen molar-refractivity contribution >= 4 is 17.4 Å². The van der Waals surface area contributed by atoms with Crippen molar-refractivity contribution in [2.24, 2.45) is 0 Å². The molecule has 0 aliphatic rings. The van der Waals surface area contributed by atoms with Gasteiger partial charge in [0.25, 0.3) is 0 Å². The molecule has 70 valence electrons. The normalized spacial score (nSPS) is 10.4. The van der Waals surface area contributed by atoms with E-state index in [0.29, 0.717) is 5.56 Å². The van der Waals surface area contributed by atoms with Crippen molar-refractivity contribution in [1.82, 2.24) is 9.38 Å². The first-order valence-corrected chi connectivity index (χ1v) is 4.30. The van der Waals surface area contributed by atoms with E-state index in [9.17, 15) is 4.79 Å². The van der Waals surface area contributed by atoms with Gasteiger partial charge in [0.15, 0.2) is 6.29 Å². The zero-order chi connectivity index (χ0) is 10.1. The molecule has 0 unspecified atom stereocenters. The van der Waals surface area contributed by atoms with Crippen molar-refractivity contribution in [3.63, 3.8) is 0 Å². The smallest absolute Gasteiger partial charge is 0.152 e. The summed E-state index contributed by atoms with van der Waals surface area (Å²) >= 11 is 0. The number of rotatable bonds is 2. The molecule has 0 spiro atoms. The van der Waals surface area contributed by atoms with Gasteiger partial charge in [0.05, 0.1) is 18.0 Å². The summed E-state index contributed by atoms with van der Waals surface area (Å²) in [6, 6.07) is 1.88. The number of carbonyl (C=O) groups is 1. The second-order valence-corrected chi connectivity index (χ2v) is 3.23. The fraction of sp³-hybridized carbons (Fsp3) is 0.0909. The molecule has 0 saturated heterocycles. The van der Waals surface area contributed by atoms with Crippen molar-refractivity contribution in [2.75, 3.05) is 0 Å². The fourth-order valence-corrected chi connectivity index (χ4v) is 1.51. The molecule has 0 fully saturated rings. The number of fused-ring (bicyclic) bond motifs is 1. The minimum Gasteiger partial charge on any atom is -0.306 e. The van der Waals surface area contributed by atoms with Gasteiger partial charge in [0.1, 0.15) is 0 Å². The van der Waals surface area contributed by atoms with Crippen LogP contribution in [0.15, 0.2) is 31.4 Å². The van der Waals surface area contributed by atoms with Gasteiger partial charge in [0, 0.05) is 11.8 Å². The van der Waals surface area contributed by atoms with E-state index in [0.717, 1.165) is 22.9 Å². The zero-order valence-electron chi connectivity index (χ0n) is 7.90. The van der Waals surface area contributed by atoms with Gasteiger partial charge in [0.2, 0.25) is 0 Å². The molecule has 2 rings (SSSR count). The lowest BCUT2D eigenvalue weighted by Gasteiger charge is -2.05. The highest BCUT2D eigenvalue weighted by Crippen LogP contribution is 2.19. The van der Waals surface area contributed by atoms with Gasteiger partial charge in [-0.2, -0.15) is 0 Å². The number of pyridine rings is 1. The summed E-state index contributed by atoms with van der Waals surface area (Å²) in [6.45, 7) is 5.72. The Hall–Kier alpha value is -1.90. The molecule has 0 aliphatic heterocycles. The first-order chi connectivity index (χ1) is 6.74. The fourth-order valence-electron chi connectivity index (χ4n) is 1.51. The second kappa shape index (κ2) is 3.10. The van der Waals surface area contributed by atoms with Crippen LogP contribution in [0, 0.1) is 0 Å². The molecule has 0 aliphatic carbocycles. The van der Waals surface area contributed by atoms with E-state index in [1.54, 1.807) is 12.5 Å². The van der Waals surface area contributed by atoms with Crippen molar-refractivity contribution in [1.29, 1.82) is 0 Å². The van der Waals surface area contributed by atoms with E-state index in [4.69, 9.17) is 0 Å². The third-order valence-electron chi connectivity index (χ3n) is 2.21. The maximum atomic E-state index is 11.0. The molecule has 2 aromatic rings. The van der Waals surface area contributed by atoms with E-state index >= 15 is 0 Å². The monoisotopic (exact) mass is 186 g/mol. The Balaban J connectivity index is 2.85. The number of hydrogen-bond donors (Lipinski definition) is 0. The van der Waals surface area contributed by atoms with Crippen LogP contribution in [-0.4, -0.2) is 15.7 Å². The summed E-state index contributed by atoms with van der Waals surface area (Å²) in [6.07, 6.45) is 6.07. The Bertz CT molecular complexity index is 511. The minimum absolute atomic E-state index is 0.650. The van der Waals surface area contributed by atoms with Gasteiger partial charge in [-0.25, -0.2) is 4.98 Å². The van der Waals surface area contributed by atoms with Crippen LogP contribution in [0.5, 0.6) is 0 Å². The molecule has 3 heteroatoms. The van der Waals surface area contributed by atoms with Gasteiger partial charge >= 0.3 is 0 Å². The number of imidazole rings is 1. The standard InChI is InChI=1S/C11H10N2O/c1-8(2)9-3-4-13-7-12-5-11(13)10(9)6-14/h3-7H,1H2,2H3. The molecule has 3 nitrogen and oxygen atoms in total. The number of carbonyl (C=O) groups excluding carboxylic acids is 1. The lowest BCUT2D eigenvalue weighted by molar-refractivity contribution is 0.112. The molecule has 0 radical (unpaired) electrons. The van der Waals surface area contributed by atoms with Crippen LogP contribution >= 0.6 is 0 Å². The summed E-state index contributed by atoms with van der Waals surface area (Å²) in [4.78, 5) is 14.9. The summed E-state index contributed by atoms with van der Waals surface area (Å²) in [5, 5.41) is 0. The lowest BCUT2D eigenvalue weighted by Crippen LogP contribution is -1.94. The highest BCUT2D eigenvalue weighted by Gasteiger charge is 2.07. The molecular weight excluding hydrogens is 176 g/mol. The number of allylic oxidation sites excluding steroid dienone is 1. The van der Waals surface area contributed by atoms with Crippen LogP contribution < -0.4 is 0 Å². The average molecular weight is 186 g/mol. The second-order valence-electron chi connectivity index (χ2n) is 3.23. The number of nitrogens with zero attached hydrogens (tertiary/aromatic N) is 2. The molecule has 0 bridgehead atoms. The van der Waals surface area contributed by atoms with E-state index < -0.39 is 0 Å². The van der Waals surface area contributed by atoms with E-state index in [-0.39, 0.29) is 0 Å². The Labute approximate surface area is 81.7 Å². The Morgan fingerprint density at radius 3 is 3.07 bits per heavy atom. The van der Waals surface area contributed by atoms with E-state index in [2.05, 4.69) is 11.6 Å². The average Bonchev–Trinajstić information content (AvgIpc) is 2.63. The van der Waals surface area contributed by atoms with Gasteiger partial charge in [-0.1, -0.05) is 12.2 Å². The number of hydrogen-bond acceptors (Lipinski definition) is 2. The highest BCUT2D eigenvalue weighted by atomic mass is 16.1. The number of aldehydes is 1. The third-order valence-corrected chi connectivity index (χ3v) is 2.21. The summed E-state index contributed by atoms with van der Waals surface area (Å²) < 4.78 is 1.82. The van der Waals surface area contributed by atoms with Crippen molar-refractivity contribution in [2.45, 2.75) is 6.92 Å².